The summed E-state index contributed by atoms with van der Waals surface area (Å²) >= 11 is 0. The van der Waals surface area contributed by atoms with Crippen LogP contribution in [0.2, 0.25) is 0 Å². The van der Waals surface area contributed by atoms with Crippen molar-refractivity contribution in [3.63, 3.8) is 0 Å². The first-order chi connectivity index (χ1) is 20.5. The van der Waals surface area contributed by atoms with Gasteiger partial charge in [0, 0.05) is 31.7 Å². The van der Waals surface area contributed by atoms with E-state index >= 15 is 0 Å². The number of anilines is 3. The third-order valence-corrected chi connectivity index (χ3v) is 9.68. The van der Waals surface area contributed by atoms with E-state index in [0.29, 0.717) is 31.5 Å². The number of pyridine rings is 1. The van der Waals surface area contributed by atoms with Crippen LogP contribution in [0.4, 0.5) is 21.6 Å². The van der Waals surface area contributed by atoms with Crippen LogP contribution in [-0.2, 0) is 17.3 Å². The standard InChI is InChI=1S/C30H33FN6O5S/c1-18-10-13-24(23(31)16-18)32-27-25-26(19(2)28(38)34(27)3)36(30(40)37(29(25)39)21-11-12-21)22-9-7-8-20(17-22)33-43(41,42)35-14-5-4-6-15-35/h7-10,13,16-17,21,32-33H,4-6,11-12,14-15H2,1-3H3. The van der Waals surface area contributed by atoms with Crippen LogP contribution in [0.15, 0.2) is 56.8 Å². The fraction of sp³-hybridized carbons (Fsp3) is 0.367. The summed E-state index contributed by atoms with van der Waals surface area (Å²) in [5.41, 5.74) is -0.234. The predicted molar refractivity (Wildman–Crippen MR) is 164 cm³/mol. The summed E-state index contributed by atoms with van der Waals surface area (Å²) in [5, 5.41) is 2.99. The molecule has 1 aliphatic heterocycles. The van der Waals surface area contributed by atoms with E-state index < -0.39 is 32.8 Å². The van der Waals surface area contributed by atoms with Gasteiger partial charge in [0.2, 0.25) is 0 Å². The number of halogens is 1. The molecule has 2 fully saturated rings. The Hall–Kier alpha value is -4.23. The summed E-state index contributed by atoms with van der Waals surface area (Å²) in [5.74, 6) is -0.519. The number of fused-ring (bicyclic) bond motifs is 1. The van der Waals surface area contributed by atoms with Gasteiger partial charge in [-0.2, -0.15) is 12.7 Å². The van der Waals surface area contributed by atoms with Crippen LogP contribution in [0, 0.1) is 19.7 Å². The molecule has 0 amide bonds. The number of aromatic nitrogens is 3. The van der Waals surface area contributed by atoms with Crippen molar-refractivity contribution in [3.05, 3.63) is 90.6 Å². The molecule has 3 heterocycles. The van der Waals surface area contributed by atoms with Gasteiger partial charge in [-0.15, -0.1) is 0 Å². The second kappa shape index (κ2) is 10.8. The Morgan fingerprint density at radius 1 is 0.930 bits per heavy atom. The van der Waals surface area contributed by atoms with Crippen molar-refractivity contribution in [2.24, 2.45) is 7.05 Å². The van der Waals surface area contributed by atoms with Crippen molar-refractivity contribution in [1.29, 1.82) is 0 Å². The number of nitrogens with one attached hydrogen (secondary N) is 2. The number of piperidine rings is 1. The quantitative estimate of drug-likeness (QED) is 0.328. The maximum atomic E-state index is 14.9. The minimum absolute atomic E-state index is 0.0449. The molecule has 0 atom stereocenters. The first-order valence-corrected chi connectivity index (χ1v) is 15.7. The molecule has 2 aromatic heterocycles. The maximum Gasteiger partial charge on any atom is 0.336 e. The lowest BCUT2D eigenvalue weighted by molar-refractivity contribution is 0.349. The van der Waals surface area contributed by atoms with Crippen molar-refractivity contribution >= 4 is 38.3 Å². The third kappa shape index (κ3) is 5.16. The number of aryl methyl sites for hydroxylation is 2. The monoisotopic (exact) mass is 608 g/mol. The molecule has 2 aliphatic rings. The number of hydrogen-bond donors (Lipinski definition) is 2. The second-order valence-corrected chi connectivity index (χ2v) is 13.0. The normalized spacial score (nSPS) is 16.0. The first-order valence-electron chi connectivity index (χ1n) is 14.3. The average Bonchev–Trinajstić information content (AvgIpc) is 3.81. The van der Waals surface area contributed by atoms with Crippen molar-refractivity contribution in [3.8, 4) is 5.69 Å². The number of hydrogen-bond acceptors (Lipinski definition) is 6. The lowest BCUT2D eigenvalue weighted by Gasteiger charge is -2.26. The van der Waals surface area contributed by atoms with Gasteiger partial charge in [0.15, 0.2) is 0 Å². The number of rotatable bonds is 7. The highest BCUT2D eigenvalue weighted by atomic mass is 32.2. The molecule has 0 spiro atoms. The van der Waals surface area contributed by atoms with E-state index in [2.05, 4.69) is 10.0 Å². The Kier molecular flexibility index (Phi) is 7.25. The summed E-state index contributed by atoms with van der Waals surface area (Å²) in [7, 11) is -2.35. The Bertz CT molecular complexity index is 2060. The second-order valence-electron chi connectivity index (χ2n) is 11.3. The summed E-state index contributed by atoms with van der Waals surface area (Å²) in [4.78, 5) is 41.5. The minimum Gasteiger partial charge on any atom is -0.338 e. The molecule has 13 heteroatoms. The van der Waals surface area contributed by atoms with Gasteiger partial charge in [-0.3, -0.25) is 28.0 Å². The van der Waals surface area contributed by atoms with Gasteiger partial charge >= 0.3 is 15.9 Å². The van der Waals surface area contributed by atoms with Crippen molar-refractivity contribution in [1.82, 2.24) is 18.0 Å². The minimum atomic E-state index is -3.83. The van der Waals surface area contributed by atoms with E-state index in [4.69, 9.17) is 0 Å². The van der Waals surface area contributed by atoms with Gasteiger partial charge in [0.05, 0.1) is 22.6 Å². The molecule has 11 nitrogen and oxygen atoms in total. The molecule has 0 radical (unpaired) electrons. The molecule has 1 saturated heterocycles. The van der Waals surface area contributed by atoms with E-state index in [9.17, 15) is 27.2 Å². The number of nitrogens with zero attached hydrogens (tertiary/aromatic N) is 4. The van der Waals surface area contributed by atoms with E-state index in [1.54, 1.807) is 31.2 Å². The predicted octanol–water partition coefficient (Wildman–Crippen LogP) is 3.83. The highest BCUT2D eigenvalue weighted by Crippen LogP contribution is 2.34. The van der Waals surface area contributed by atoms with Crippen LogP contribution in [0.3, 0.4) is 0 Å². The summed E-state index contributed by atoms with van der Waals surface area (Å²) in [6.07, 6.45) is 3.80. The zero-order valence-corrected chi connectivity index (χ0v) is 25.0. The highest BCUT2D eigenvalue weighted by molar-refractivity contribution is 7.90. The van der Waals surface area contributed by atoms with Crippen LogP contribution in [0.1, 0.15) is 49.3 Å². The first kappa shape index (κ1) is 28.9. The van der Waals surface area contributed by atoms with E-state index in [1.165, 1.54) is 50.2 Å². The Labute approximate surface area is 247 Å². The fourth-order valence-electron chi connectivity index (χ4n) is 5.73. The summed E-state index contributed by atoms with van der Waals surface area (Å²) in [6, 6.07) is 10.5. The fourth-order valence-corrected chi connectivity index (χ4v) is 7.02. The maximum absolute atomic E-state index is 14.9. The van der Waals surface area contributed by atoms with Crippen LogP contribution in [0.25, 0.3) is 16.6 Å². The molecular formula is C30H33FN6O5S. The highest BCUT2D eigenvalue weighted by Gasteiger charge is 2.32. The van der Waals surface area contributed by atoms with Crippen LogP contribution in [-0.4, -0.2) is 39.5 Å². The average molecular weight is 609 g/mol. The molecule has 0 unspecified atom stereocenters. The van der Waals surface area contributed by atoms with Gasteiger partial charge < -0.3 is 5.32 Å². The zero-order valence-electron chi connectivity index (χ0n) is 24.2. The van der Waals surface area contributed by atoms with Crippen LogP contribution in [0.5, 0.6) is 0 Å². The van der Waals surface area contributed by atoms with E-state index in [0.717, 1.165) is 19.3 Å². The molecule has 4 aromatic rings. The van der Waals surface area contributed by atoms with Gasteiger partial charge in [-0.25, -0.2) is 9.18 Å². The summed E-state index contributed by atoms with van der Waals surface area (Å²) in [6.45, 7) is 4.12. The molecule has 1 saturated carbocycles. The lowest BCUT2D eigenvalue weighted by atomic mass is 10.1. The SMILES string of the molecule is Cc1ccc(Nc2c3c(=O)n(C4CC4)c(=O)n(-c4cccc(NS(=O)(=O)N5CCCCC5)c4)c3c(C)c(=O)n2C)c(F)c1. The Morgan fingerprint density at radius 2 is 1.65 bits per heavy atom. The lowest BCUT2D eigenvalue weighted by Crippen LogP contribution is -2.41. The third-order valence-electron chi connectivity index (χ3n) is 8.14. The summed E-state index contributed by atoms with van der Waals surface area (Å²) < 4.78 is 48.8. The molecule has 2 N–H and O–H groups in total. The molecule has 6 rings (SSSR count). The smallest absolute Gasteiger partial charge is 0.336 e. The Morgan fingerprint density at radius 3 is 2.33 bits per heavy atom. The van der Waals surface area contributed by atoms with Crippen LogP contribution < -0.4 is 26.8 Å². The van der Waals surface area contributed by atoms with Gasteiger partial charge in [0.25, 0.3) is 11.1 Å². The van der Waals surface area contributed by atoms with Crippen molar-refractivity contribution in [2.75, 3.05) is 23.1 Å². The van der Waals surface area contributed by atoms with Gasteiger partial charge in [-0.05, 0) is 75.4 Å². The Balaban J connectivity index is 1.59. The largest absolute Gasteiger partial charge is 0.338 e. The van der Waals surface area contributed by atoms with Gasteiger partial charge in [-0.1, -0.05) is 18.6 Å². The van der Waals surface area contributed by atoms with Crippen LogP contribution >= 0.6 is 0 Å². The molecule has 1 aliphatic carbocycles. The van der Waals surface area contributed by atoms with E-state index in [1.807, 2.05) is 0 Å². The molecular weight excluding hydrogens is 575 g/mol. The van der Waals surface area contributed by atoms with Gasteiger partial charge in [0.1, 0.15) is 17.0 Å². The van der Waals surface area contributed by atoms with E-state index in [-0.39, 0.29) is 45.4 Å². The molecule has 0 bridgehead atoms. The van der Waals surface area contributed by atoms with Crippen molar-refractivity contribution in [2.45, 2.75) is 52.0 Å². The zero-order chi connectivity index (χ0) is 30.6. The molecule has 2 aromatic carbocycles. The molecule has 43 heavy (non-hydrogen) atoms. The topological polar surface area (TPSA) is 127 Å². The molecule has 226 valence electrons. The van der Waals surface area contributed by atoms with Crippen molar-refractivity contribution < 1.29 is 12.8 Å². The number of benzene rings is 2.